The van der Waals surface area contributed by atoms with Crippen LogP contribution in [-0.2, 0) is 26.2 Å². The summed E-state index contributed by atoms with van der Waals surface area (Å²) in [6, 6.07) is 14.5. The van der Waals surface area contributed by atoms with E-state index in [2.05, 4.69) is 0 Å². The number of imide groups is 2. The number of hydrogen-bond acceptors (Lipinski definition) is 12. The molecule has 4 aliphatic rings. The molecule has 9 rings (SSSR count). The second-order valence-electron chi connectivity index (χ2n) is 16.6. The van der Waals surface area contributed by atoms with E-state index >= 15 is 4.79 Å². The number of aromatic nitrogens is 2. The highest BCUT2D eigenvalue weighted by Crippen LogP contribution is 2.65. The topological polar surface area (TPSA) is 202 Å². The van der Waals surface area contributed by atoms with Crippen LogP contribution in [-0.4, -0.2) is 62.5 Å². The molecule has 2 saturated heterocycles. The summed E-state index contributed by atoms with van der Waals surface area (Å²) in [7, 11) is 4.47. The number of halogens is 1. The number of carbonyl (C=O) groups is 4. The van der Waals surface area contributed by atoms with Crippen molar-refractivity contribution in [1.82, 2.24) is 9.78 Å². The molecule has 18 heteroatoms. The molecule has 0 bridgehead atoms. The molecule has 5 aromatic rings. The Morgan fingerprint density at radius 3 is 2.28 bits per heavy atom. The summed E-state index contributed by atoms with van der Waals surface area (Å²) in [6.45, 7) is 5.39. The van der Waals surface area contributed by atoms with Gasteiger partial charge in [0, 0.05) is 60.5 Å². The van der Waals surface area contributed by atoms with Crippen LogP contribution in [0, 0.1) is 63.2 Å². The minimum atomic E-state index is -1.47. The third-order valence-electron chi connectivity index (χ3n) is 13.2. The van der Waals surface area contributed by atoms with Gasteiger partial charge < -0.3 is 10.0 Å². The SMILES string of the molecule is Cc1cccc(C2C3=CCC4C(=O)N(c5cc([N+](=O)[O-])c(N(C)C)c([N+](=O)[O-])c5)C(=O)C4C3CC3C(=O)N(c4cc(-c5sc6ccc(Cl)cc6c5C)nn4C)C(=O)C32C)c1O. The third-order valence-corrected chi connectivity index (χ3v) is 14.8. The van der Waals surface area contributed by atoms with Gasteiger partial charge in [-0.3, -0.25) is 44.1 Å². The molecule has 0 spiro atoms. The zero-order valence-electron chi connectivity index (χ0n) is 33.7. The number of para-hydroxylation sites is 1. The molecule has 4 heterocycles. The van der Waals surface area contributed by atoms with Gasteiger partial charge in [-0.05, 0) is 74.2 Å². The average Bonchev–Trinajstić information content (AvgIpc) is 3.88. The number of aromatic hydroxyl groups is 1. The number of anilines is 3. The van der Waals surface area contributed by atoms with Crippen molar-refractivity contribution in [3.8, 4) is 16.3 Å². The van der Waals surface area contributed by atoms with Gasteiger partial charge in [0.05, 0.1) is 43.6 Å². The molecular formula is C43H38ClN7O9S. The smallest absolute Gasteiger partial charge is 0.301 e. The molecule has 1 N–H and O–H groups in total. The van der Waals surface area contributed by atoms with Crippen LogP contribution in [0.4, 0.5) is 28.6 Å². The van der Waals surface area contributed by atoms with E-state index in [0.29, 0.717) is 27.4 Å². The number of nitro benzene ring substituents is 2. The largest absolute Gasteiger partial charge is 0.507 e. The minimum Gasteiger partial charge on any atom is -0.507 e. The number of thiophene rings is 1. The third kappa shape index (κ3) is 5.59. The van der Waals surface area contributed by atoms with E-state index < -0.39 is 79.9 Å². The number of hydrogen-bond donors (Lipinski definition) is 1. The number of allylic oxidation sites excluding steroid dienone is 2. The number of nitrogens with zero attached hydrogens (tertiary/aromatic N) is 7. The van der Waals surface area contributed by atoms with Crippen molar-refractivity contribution < 1.29 is 34.1 Å². The van der Waals surface area contributed by atoms with Gasteiger partial charge in [-0.15, -0.1) is 11.3 Å². The number of carbonyl (C=O) groups excluding carboxylic acids is 4. The normalized spacial score (nSPS) is 24.6. The summed E-state index contributed by atoms with van der Waals surface area (Å²) >= 11 is 7.82. The Morgan fingerprint density at radius 2 is 1.62 bits per heavy atom. The van der Waals surface area contributed by atoms with Crippen molar-refractivity contribution >= 4 is 85.2 Å². The number of aryl methyl sites for hydroxylation is 3. The van der Waals surface area contributed by atoms with Gasteiger partial charge in [-0.2, -0.15) is 5.10 Å². The molecule has 6 unspecified atom stereocenters. The Morgan fingerprint density at radius 1 is 0.934 bits per heavy atom. The molecular weight excluding hydrogens is 826 g/mol. The first kappa shape index (κ1) is 40.0. The van der Waals surface area contributed by atoms with Crippen LogP contribution < -0.4 is 14.7 Å². The lowest BCUT2D eigenvalue weighted by atomic mass is 9.51. The van der Waals surface area contributed by atoms with E-state index in [4.69, 9.17) is 16.7 Å². The molecule has 312 valence electrons. The van der Waals surface area contributed by atoms with Crippen molar-refractivity contribution in [3.63, 3.8) is 0 Å². The monoisotopic (exact) mass is 863 g/mol. The predicted molar refractivity (Wildman–Crippen MR) is 228 cm³/mol. The number of fused-ring (bicyclic) bond motifs is 5. The van der Waals surface area contributed by atoms with Gasteiger partial charge in [0.25, 0.3) is 0 Å². The van der Waals surface area contributed by atoms with Crippen molar-refractivity contribution in [3.05, 3.63) is 108 Å². The van der Waals surface area contributed by atoms with E-state index in [1.165, 1.54) is 35.0 Å². The quantitative estimate of drug-likeness (QED) is 0.0731. The predicted octanol–water partition coefficient (Wildman–Crippen LogP) is 7.60. The van der Waals surface area contributed by atoms with Crippen LogP contribution in [0.1, 0.15) is 42.4 Å². The number of phenolic OH excluding ortho intramolecular Hbond substituents is 1. The number of amides is 4. The maximum Gasteiger partial charge on any atom is 0.301 e. The van der Waals surface area contributed by atoms with Crippen LogP contribution in [0.15, 0.2) is 66.2 Å². The maximum atomic E-state index is 15.2. The Kier molecular flexibility index (Phi) is 9.03. The second kappa shape index (κ2) is 13.8. The van der Waals surface area contributed by atoms with Crippen molar-refractivity contribution in [2.24, 2.45) is 36.1 Å². The first-order valence-electron chi connectivity index (χ1n) is 19.5. The lowest BCUT2D eigenvalue weighted by Gasteiger charge is -2.49. The highest BCUT2D eigenvalue weighted by atomic mass is 35.5. The van der Waals surface area contributed by atoms with Crippen LogP contribution >= 0.6 is 22.9 Å². The number of rotatable bonds is 7. The number of nitro groups is 2. The van der Waals surface area contributed by atoms with Crippen molar-refractivity contribution in [1.29, 1.82) is 0 Å². The fraction of sp³-hybridized carbons (Fsp3) is 0.326. The Labute approximate surface area is 356 Å². The second-order valence-corrected chi connectivity index (χ2v) is 18.1. The van der Waals surface area contributed by atoms with Crippen LogP contribution in [0.2, 0.25) is 5.02 Å². The molecule has 3 fully saturated rings. The van der Waals surface area contributed by atoms with E-state index in [9.17, 15) is 39.7 Å². The molecule has 3 aromatic carbocycles. The highest BCUT2D eigenvalue weighted by Gasteiger charge is 2.68. The van der Waals surface area contributed by atoms with E-state index in [1.54, 1.807) is 45.2 Å². The Hall–Kier alpha value is -6.46. The molecule has 61 heavy (non-hydrogen) atoms. The van der Waals surface area contributed by atoms with Gasteiger partial charge in [-0.1, -0.05) is 41.4 Å². The summed E-state index contributed by atoms with van der Waals surface area (Å²) in [5.74, 6) is -7.08. The average molecular weight is 864 g/mol. The van der Waals surface area contributed by atoms with E-state index in [0.717, 1.165) is 42.5 Å². The maximum absolute atomic E-state index is 15.2. The summed E-state index contributed by atoms with van der Waals surface area (Å²) in [4.78, 5) is 86.1. The molecule has 0 radical (unpaired) electrons. The number of phenols is 1. The molecule has 1 saturated carbocycles. The van der Waals surface area contributed by atoms with Gasteiger partial charge in [0.2, 0.25) is 23.6 Å². The molecule has 16 nitrogen and oxygen atoms in total. The summed E-state index contributed by atoms with van der Waals surface area (Å²) in [6.07, 6.45) is 1.84. The lowest BCUT2D eigenvalue weighted by Crippen LogP contribution is -2.49. The molecule has 6 atom stereocenters. The van der Waals surface area contributed by atoms with Gasteiger partial charge in [0.15, 0.2) is 5.69 Å². The van der Waals surface area contributed by atoms with Crippen LogP contribution in [0.5, 0.6) is 5.75 Å². The molecule has 2 aliphatic carbocycles. The zero-order valence-corrected chi connectivity index (χ0v) is 35.3. The van der Waals surface area contributed by atoms with Crippen molar-refractivity contribution in [2.75, 3.05) is 28.8 Å². The summed E-state index contributed by atoms with van der Waals surface area (Å²) < 4.78 is 2.48. The standard InChI is InChI=1S/C43H38ClN7O9S/c1-19-8-7-9-25(37(19)52)35-23-11-12-24-34(41(55)48(39(24)53)22-15-30(50(57)58)36(46(4)5)31(16-22)51(59)60)27(23)17-28-40(54)49(42(56)43(28,35)3)33-18-29(45-47(33)6)38-20(2)26-14-21(44)10-13-32(26)61-38/h7-11,13-16,18,24,27-28,34-35,52H,12,17H2,1-6H3. The first-order valence-corrected chi connectivity index (χ1v) is 20.7. The highest BCUT2D eigenvalue weighted by molar-refractivity contribution is 7.22. The fourth-order valence-corrected chi connectivity index (χ4v) is 11.7. The van der Waals surface area contributed by atoms with Gasteiger partial charge >= 0.3 is 11.4 Å². The molecule has 4 amide bonds. The van der Waals surface area contributed by atoms with E-state index in [1.807, 2.05) is 31.2 Å². The summed E-state index contributed by atoms with van der Waals surface area (Å²) in [5.41, 5.74) is -0.395. The van der Waals surface area contributed by atoms with Gasteiger partial charge in [-0.25, -0.2) is 9.80 Å². The lowest BCUT2D eigenvalue weighted by molar-refractivity contribution is -0.392. The minimum absolute atomic E-state index is 0.0126. The van der Waals surface area contributed by atoms with Crippen LogP contribution in [0.25, 0.3) is 20.7 Å². The van der Waals surface area contributed by atoms with Crippen LogP contribution in [0.3, 0.4) is 0 Å². The van der Waals surface area contributed by atoms with Gasteiger partial charge in [0.1, 0.15) is 17.3 Å². The molecule has 2 aliphatic heterocycles. The zero-order chi connectivity index (χ0) is 43.7. The van der Waals surface area contributed by atoms with E-state index in [-0.39, 0.29) is 35.8 Å². The Balaban J connectivity index is 1.15. The fourth-order valence-electron chi connectivity index (χ4n) is 10.4. The summed E-state index contributed by atoms with van der Waals surface area (Å²) in [5, 5.41) is 42.4. The number of benzene rings is 3. The molecule has 2 aromatic heterocycles. The Bertz CT molecular complexity index is 2850. The first-order chi connectivity index (χ1) is 28.9. The van der Waals surface area contributed by atoms with Crippen molar-refractivity contribution in [2.45, 2.75) is 39.5 Å².